The zero-order valence-corrected chi connectivity index (χ0v) is 22.8. The molecule has 0 saturated carbocycles. The van der Waals surface area contributed by atoms with Gasteiger partial charge in [0.15, 0.2) is 11.6 Å². The Kier molecular flexibility index (Phi) is 5.53. The Bertz CT molecular complexity index is 1760. The zero-order valence-electron chi connectivity index (χ0n) is 22.8. The average Bonchev–Trinajstić information content (AvgIpc) is 3.62. The summed E-state index contributed by atoms with van der Waals surface area (Å²) >= 11 is 0. The number of aromatic hydroxyl groups is 1. The highest BCUT2D eigenvalue weighted by molar-refractivity contribution is 6.31. The Morgan fingerprint density at radius 2 is 1.69 bits per heavy atom. The van der Waals surface area contributed by atoms with Crippen LogP contribution in [0.1, 0.15) is 78.2 Å². The van der Waals surface area contributed by atoms with E-state index in [0.717, 1.165) is 0 Å². The average molecular weight is 573 g/mol. The summed E-state index contributed by atoms with van der Waals surface area (Å²) in [5.41, 5.74) is 0.227. The molecule has 1 aliphatic carbocycles. The molecule has 11 nitrogen and oxygen atoms in total. The largest absolute Gasteiger partial charge is 0.507 e. The zero-order chi connectivity index (χ0) is 29.6. The number of phenols is 1. The maximum absolute atomic E-state index is 14.2. The number of esters is 2. The summed E-state index contributed by atoms with van der Waals surface area (Å²) in [6.45, 7) is 0. The van der Waals surface area contributed by atoms with E-state index in [4.69, 9.17) is 28.4 Å². The molecule has 2 unspecified atom stereocenters. The molecule has 11 heteroatoms. The van der Waals surface area contributed by atoms with E-state index in [-0.39, 0.29) is 69.0 Å². The van der Waals surface area contributed by atoms with Crippen molar-refractivity contribution in [1.29, 1.82) is 0 Å². The van der Waals surface area contributed by atoms with E-state index in [9.17, 15) is 24.3 Å². The van der Waals surface area contributed by atoms with E-state index in [1.807, 2.05) is 0 Å². The molecule has 0 amide bonds. The number of ketones is 2. The number of ether oxygens (including phenoxy) is 6. The van der Waals surface area contributed by atoms with Crippen molar-refractivity contribution in [2.24, 2.45) is 0 Å². The Morgan fingerprint density at radius 3 is 2.43 bits per heavy atom. The summed E-state index contributed by atoms with van der Waals surface area (Å²) in [6, 6.07) is 10.7. The van der Waals surface area contributed by atoms with Gasteiger partial charge in [0, 0.05) is 28.7 Å². The summed E-state index contributed by atoms with van der Waals surface area (Å²) in [4.78, 5) is 53.7. The molecule has 1 saturated heterocycles. The molecular formula is C31H24O11. The fourth-order valence-corrected chi connectivity index (χ4v) is 6.61. The highest BCUT2D eigenvalue weighted by Gasteiger charge is 2.67. The van der Waals surface area contributed by atoms with E-state index < -0.39 is 41.2 Å². The van der Waals surface area contributed by atoms with Crippen LogP contribution in [0.3, 0.4) is 0 Å². The van der Waals surface area contributed by atoms with Crippen LogP contribution in [0.4, 0.5) is 0 Å². The molecule has 214 valence electrons. The molecule has 0 bridgehead atoms. The van der Waals surface area contributed by atoms with E-state index in [0.29, 0.717) is 12.0 Å². The van der Waals surface area contributed by atoms with Gasteiger partial charge in [-0.2, -0.15) is 0 Å². The van der Waals surface area contributed by atoms with Crippen LogP contribution in [0, 0.1) is 0 Å². The second kappa shape index (κ2) is 8.88. The Morgan fingerprint density at radius 1 is 0.929 bits per heavy atom. The van der Waals surface area contributed by atoms with Crippen LogP contribution in [0.2, 0.25) is 0 Å². The summed E-state index contributed by atoms with van der Waals surface area (Å²) in [5, 5.41) is 10.7. The number of carbonyl (C=O) groups excluding carboxylic acids is 4. The molecule has 3 aromatic rings. The first-order valence-corrected chi connectivity index (χ1v) is 13.2. The molecule has 1 N–H and O–H groups in total. The standard InChI is InChI=1S/C31H24O11/c1-37-19-9-5-7-17-25(19)31(42-30(17)11-10-14(40-30)12-21(33)39-3)26-23-16(13-20(38-2)24(26)29(36)41-31)27(34)15-6-4-8-18(32)22(15)28(23)35/h4-9,13-14,32H,10-12H2,1-3H3/t14-,30?,31?/m0/s1. The van der Waals surface area contributed by atoms with Gasteiger partial charge in [-0.25, -0.2) is 4.79 Å². The lowest BCUT2D eigenvalue weighted by Gasteiger charge is -2.32. The number of hydrogen-bond acceptors (Lipinski definition) is 11. The molecule has 2 spiro atoms. The Hall–Kier alpha value is -4.74. The summed E-state index contributed by atoms with van der Waals surface area (Å²) < 4.78 is 35.2. The van der Waals surface area contributed by atoms with Gasteiger partial charge in [0.1, 0.15) is 22.8 Å². The van der Waals surface area contributed by atoms with Gasteiger partial charge in [-0.05, 0) is 24.6 Å². The molecule has 3 aliphatic heterocycles. The quantitative estimate of drug-likeness (QED) is 0.359. The van der Waals surface area contributed by atoms with Crippen molar-refractivity contribution in [2.75, 3.05) is 21.3 Å². The lowest BCUT2D eigenvalue weighted by atomic mass is 9.77. The molecule has 0 aromatic heterocycles. The SMILES string of the molecule is COC(=O)C[C@@H]1CCC2(O1)OC1(OC(=O)c3c(OC)cc4c(c31)C(=O)c1c(O)cccc1C4=O)c1c(OC)cccc12. The van der Waals surface area contributed by atoms with Crippen molar-refractivity contribution in [1.82, 2.24) is 0 Å². The normalized spacial score (nSPS) is 24.7. The summed E-state index contributed by atoms with van der Waals surface area (Å²) in [6.07, 6.45) is 0.0784. The molecule has 1 fully saturated rings. The lowest BCUT2D eigenvalue weighted by molar-refractivity contribution is -0.314. The third-order valence-corrected chi connectivity index (χ3v) is 8.34. The number of benzene rings is 3. The maximum Gasteiger partial charge on any atom is 0.345 e. The summed E-state index contributed by atoms with van der Waals surface area (Å²) in [7, 11) is 4.05. The van der Waals surface area contributed by atoms with Crippen LogP contribution < -0.4 is 9.47 Å². The van der Waals surface area contributed by atoms with Crippen LogP contribution in [-0.4, -0.2) is 56.0 Å². The van der Waals surface area contributed by atoms with Crippen LogP contribution in [0.25, 0.3) is 0 Å². The van der Waals surface area contributed by atoms with Crippen molar-refractivity contribution in [3.63, 3.8) is 0 Å². The predicted molar refractivity (Wildman–Crippen MR) is 141 cm³/mol. The third kappa shape index (κ3) is 3.23. The van der Waals surface area contributed by atoms with Crippen molar-refractivity contribution in [2.45, 2.75) is 36.9 Å². The second-order valence-electron chi connectivity index (χ2n) is 10.4. The lowest BCUT2D eigenvalue weighted by Crippen LogP contribution is -2.36. The van der Waals surface area contributed by atoms with E-state index in [1.165, 1.54) is 45.6 Å². The molecule has 42 heavy (non-hydrogen) atoms. The number of phenolic OH excluding ortho intramolecular Hbond substituents is 1. The second-order valence-corrected chi connectivity index (χ2v) is 10.4. The number of fused-ring (bicyclic) bond motifs is 8. The van der Waals surface area contributed by atoms with Crippen LogP contribution in [0.5, 0.6) is 17.2 Å². The van der Waals surface area contributed by atoms with Crippen molar-refractivity contribution >= 4 is 23.5 Å². The maximum atomic E-state index is 14.2. The predicted octanol–water partition coefficient (Wildman–Crippen LogP) is 3.48. The molecule has 0 radical (unpaired) electrons. The van der Waals surface area contributed by atoms with Crippen LogP contribution in [0.15, 0.2) is 42.5 Å². The fourth-order valence-electron chi connectivity index (χ4n) is 6.61. The van der Waals surface area contributed by atoms with Crippen molar-refractivity contribution in [3.8, 4) is 17.2 Å². The minimum atomic E-state index is -2.09. The van der Waals surface area contributed by atoms with Gasteiger partial charge in [0.25, 0.3) is 5.79 Å². The first-order chi connectivity index (χ1) is 20.2. The molecule has 4 aliphatic rings. The van der Waals surface area contributed by atoms with Crippen LogP contribution in [-0.2, 0) is 35.3 Å². The third-order valence-electron chi connectivity index (χ3n) is 8.34. The minimum absolute atomic E-state index is 0.00674. The van der Waals surface area contributed by atoms with Gasteiger partial charge < -0.3 is 28.8 Å². The van der Waals surface area contributed by atoms with Gasteiger partial charge in [-0.1, -0.05) is 24.3 Å². The minimum Gasteiger partial charge on any atom is -0.507 e. The Labute approximate surface area is 238 Å². The first-order valence-electron chi connectivity index (χ1n) is 13.2. The number of rotatable bonds is 4. The molecule has 3 heterocycles. The van der Waals surface area contributed by atoms with E-state index in [2.05, 4.69) is 0 Å². The van der Waals surface area contributed by atoms with Gasteiger partial charge >= 0.3 is 11.9 Å². The highest BCUT2D eigenvalue weighted by atomic mass is 16.8. The molecular weight excluding hydrogens is 548 g/mol. The van der Waals surface area contributed by atoms with Gasteiger partial charge in [0.05, 0.1) is 50.5 Å². The smallest absolute Gasteiger partial charge is 0.345 e. The first kappa shape index (κ1) is 26.2. The summed E-state index contributed by atoms with van der Waals surface area (Å²) in [5.74, 6) is -6.24. The topological polar surface area (TPSA) is 144 Å². The molecule has 7 rings (SSSR count). The monoisotopic (exact) mass is 572 g/mol. The van der Waals surface area contributed by atoms with E-state index >= 15 is 0 Å². The van der Waals surface area contributed by atoms with Gasteiger partial charge in [-0.3, -0.25) is 19.1 Å². The number of methoxy groups -OCH3 is 3. The number of hydrogen-bond donors (Lipinski definition) is 1. The van der Waals surface area contributed by atoms with Crippen molar-refractivity contribution < 1.29 is 52.7 Å². The molecule has 3 atom stereocenters. The van der Waals surface area contributed by atoms with Gasteiger partial charge in [0.2, 0.25) is 5.79 Å². The molecule has 3 aromatic carbocycles. The van der Waals surface area contributed by atoms with Crippen molar-refractivity contribution in [3.05, 3.63) is 87.0 Å². The van der Waals surface area contributed by atoms with E-state index in [1.54, 1.807) is 18.2 Å². The van der Waals surface area contributed by atoms with Gasteiger partial charge in [-0.15, -0.1) is 0 Å². The number of carbonyl (C=O) groups is 4. The highest BCUT2D eigenvalue weighted by Crippen LogP contribution is 2.63. The fraction of sp³-hybridized carbons (Fsp3) is 0.290. The van der Waals surface area contributed by atoms with Crippen LogP contribution >= 0.6 is 0 Å². The Balaban J connectivity index is 1.51.